The fraction of sp³-hybridized carbons (Fsp3) is 0.412. The molecule has 0 bridgehead atoms. The molecule has 4 nitrogen and oxygen atoms in total. The maximum absolute atomic E-state index is 8.95. The van der Waals surface area contributed by atoms with Gasteiger partial charge >= 0.3 is 0 Å². The monoisotopic (exact) mass is 281 g/mol. The van der Waals surface area contributed by atoms with Crippen LogP contribution in [0.1, 0.15) is 42.0 Å². The third kappa shape index (κ3) is 2.78. The second-order valence-electron chi connectivity index (χ2n) is 5.50. The van der Waals surface area contributed by atoms with Crippen molar-refractivity contribution in [3.8, 4) is 11.8 Å². The van der Waals surface area contributed by atoms with Crippen LogP contribution in [0.4, 0.5) is 0 Å². The largest absolute Gasteiger partial charge is 0.497 e. The highest BCUT2D eigenvalue weighted by molar-refractivity contribution is 5.30. The van der Waals surface area contributed by atoms with Crippen LogP contribution in [0.15, 0.2) is 30.5 Å². The molecule has 0 saturated heterocycles. The molecule has 4 heteroatoms. The van der Waals surface area contributed by atoms with Crippen LogP contribution in [0.2, 0.25) is 0 Å². The average molecular weight is 281 g/mol. The first-order chi connectivity index (χ1) is 10.3. The summed E-state index contributed by atoms with van der Waals surface area (Å²) in [5, 5.41) is 13.5. The molecule has 1 aromatic carbocycles. The standard InChI is InChI=1S/C17H19N3O/c1-21-15-7-5-13(6-8-15)12-20-17-4-2-3-14(9-10-18)16(17)11-19-20/h5-8,11,14H,2-4,9,12H2,1H3. The van der Waals surface area contributed by atoms with E-state index < -0.39 is 0 Å². The molecule has 1 unspecified atom stereocenters. The van der Waals surface area contributed by atoms with Gasteiger partial charge in [-0.2, -0.15) is 10.4 Å². The SMILES string of the molecule is COc1ccc(Cn2ncc3c2CCCC3CC#N)cc1. The number of rotatable bonds is 4. The van der Waals surface area contributed by atoms with E-state index in [0.717, 1.165) is 31.6 Å². The smallest absolute Gasteiger partial charge is 0.118 e. The highest BCUT2D eigenvalue weighted by atomic mass is 16.5. The Morgan fingerprint density at radius 1 is 1.38 bits per heavy atom. The number of hydrogen-bond acceptors (Lipinski definition) is 3. The number of nitrogens with zero attached hydrogens (tertiary/aromatic N) is 3. The first-order valence-electron chi connectivity index (χ1n) is 7.36. The summed E-state index contributed by atoms with van der Waals surface area (Å²) in [6.45, 7) is 0.776. The zero-order valence-electron chi connectivity index (χ0n) is 12.2. The van der Waals surface area contributed by atoms with E-state index >= 15 is 0 Å². The van der Waals surface area contributed by atoms with Gasteiger partial charge in [0, 0.05) is 18.0 Å². The van der Waals surface area contributed by atoms with Crippen molar-refractivity contribution in [1.82, 2.24) is 9.78 Å². The topological polar surface area (TPSA) is 50.8 Å². The summed E-state index contributed by atoms with van der Waals surface area (Å²) in [6, 6.07) is 10.4. The summed E-state index contributed by atoms with van der Waals surface area (Å²) in [5.41, 5.74) is 3.79. The third-order valence-electron chi connectivity index (χ3n) is 4.22. The van der Waals surface area contributed by atoms with Gasteiger partial charge in [-0.15, -0.1) is 0 Å². The minimum Gasteiger partial charge on any atom is -0.497 e. The van der Waals surface area contributed by atoms with Crippen molar-refractivity contribution in [3.05, 3.63) is 47.3 Å². The van der Waals surface area contributed by atoms with Crippen LogP contribution >= 0.6 is 0 Å². The van der Waals surface area contributed by atoms with Crippen LogP contribution in [-0.2, 0) is 13.0 Å². The number of fused-ring (bicyclic) bond motifs is 1. The summed E-state index contributed by atoms with van der Waals surface area (Å²) >= 11 is 0. The van der Waals surface area contributed by atoms with Gasteiger partial charge in [0.25, 0.3) is 0 Å². The number of ether oxygens (including phenoxy) is 1. The zero-order valence-corrected chi connectivity index (χ0v) is 12.2. The first-order valence-corrected chi connectivity index (χ1v) is 7.36. The molecule has 0 fully saturated rings. The summed E-state index contributed by atoms with van der Waals surface area (Å²) < 4.78 is 7.27. The van der Waals surface area contributed by atoms with Gasteiger partial charge in [-0.05, 0) is 42.5 Å². The van der Waals surface area contributed by atoms with E-state index in [-0.39, 0.29) is 0 Å². The van der Waals surface area contributed by atoms with Crippen molar-refractivity contribution in [2.24, 2.45) is 0 Å². The molecule has 1 aliphatic carbocycles. The van der Waals surface area contributed by atoms with Crippen molar-refractivity contribution in [2.75, 3.05) is 7.11 Å². The lowest BCUT2D eigenvalue weighted by molar-refractivity contribution is 0.414. The molecule has 1 heterocycles. The van der Waals surface area contributed by atoms with Crippen molar-refractivity contribution in [2.45, 2.75) is 38.1 Å². The summed E-state index contributed by atoms with van der Waals surface area (Å²) in [4.78, 5) is 0. The molecular formula is C17H19N3O. The molecule has 0 aliphatic heterocycles. The molecule has 1 aromatic heterocycles. The van der Waals surface area contributed by atoms with E-state index in [2.05, 4.69) is 28.0 Å². The Morgan fingerprint density at radius 2 is 2.19 bits per heavy atom. The number of aromatic nitrogens is 2. The normalized spacial score (nSPS) is 17.0. The van der Waals surface area contributed by atoms with Gasteiger partial charge < -0.3 is 4.74 Å². The Balaban J connectivity index is 1.82. The second kappa shape index (κ2) is 6.01. The Labute approximate surface area is 125 Å². The molecule has 1 aliphatic rings. The molecule has 0 saturated carbocycles. The fourth-order valence-corrected chi connectivity index (χ4v) is 3.07. The van der Waals surface area contributed by atoms with Gasteiger partial charge in [0.05, 0.1) is 25.9 Å². The molecule has 2 aromatic rings. The van der Waals surface area contributed by atoms with Crippen molar-refractivity contribution >= 4 is 0 Å². The van der Waals surface area contributed by atoms with E-state index in [4.69, 9.17) is 10.00 Å². The third-order valence-corrected chi connectivity index (χ3v) is 4.22. The van der Waals surface area contributed by atoms with E-state index in [1.807, 2.05) is 18.3 Å². The second-order valence-corrected chi connectivity index (χ2v) is 5.50. The lowest BCUT2D eigenvalue weighted by Gasteiger charge is -2.21. The maximum atomic E-state index is 8.95. The zero-order chi connectivity index (χ0) is 14.7. The molecule has 0 spiro atoms. The fourth-order valence-electron chi connectivity index (χ4n) is 3.07. The van der Waals surface area contributed by atoms with Crippen LogP contribution < -0.4 is 4.74 Å². The van der Waals surface area contributed by atoms with E-state index in [0.29, 0.717) is 12.3 Å². The molecule has 21 heavy (non-hydrogen) atoms. The lowest BCUT2D eigenvalue weighted by atomic mass is 9.85. The van der Waals surface area contributed by atoms with Crippen LogP contribution in [-0.4, -0.2) is 16.9 Å². The van der Waals surface area contributed by atoms with E-state index in [9.17, 15) is 0 Å². The number of benzene rings is 1. The predicted octanol–water partition coefficient (Wildman–Crippen LogP) is 3.27. The quantitative estimate of drug-likeness (QED) is 0.864. The maximum Gasteiger partial charge on any atom is 0.118 e. The van der Waals surface area contributed by atoms with Gasteiger partial charge in [0.1, 0.15) is 5.75 Å². The Bertz CT molecular complexity index is 652. The van der Waals surface area contributed by atoms with Gasteiger partial charge in [-0.25, -0.2) is 0 Å². The Hall–Kier alpha value is -2.28. The predicted molar refractivity (Wildman–Crippen MR) is 80.2 cm³/mol. The van der Waals surface area contributed by atoms with Gasteiger partial charge in [0.2, 0.25) is 0 Å². The average Bonchev–Trinajstić information content (AvgIpc) is 2.93. The van der Waals surface area contributed by atoms with Crippen LogP contribution in [0.25, 0.3) is 0 Å². The molecule has 0 radical (unpaired) electrons. The molecule has 0 amide bonds. The molecule has 1 atom stereocenters. The van der Waals surface area contributed by atoms with Crippen LogP contribution in [0.5, 0.6) is 5.75 Å². The highest BCUT2D eigenvalue weighted by Gasteiger charge is 2.23. The molecular weight excluding hydrogens is 262 g/mol. The number of nitriles is 1. The minimum atomic E-state index is 0.364. The van der Waals surface area contributed by atoms with E-state index in [1.165, 1.54) is 16.8 Å². The van der Waals surface area contributed by atoms with Gasteiger partial charge in [-0.1, -0.05) is 12.1 Å². The lowest BCUT2D eigenvalue weighted by Crippen LogP contribution is -2.13. The van der Waals surface area contributed by atoms with Gasteiger partial charge in [0.15, 0.2) is 0 Å². The minimum absolute atomic E-state index is 0.364. The molecule has 0 N–H and O–H groups in total. The van der Waals surface area contributed by atoms with Crippen LogP contribution in [0, 0.1) is 11.3 Å². The summed E-state index contributed by atoms with van der Waals surface area (Å²) in [6.07, 6.45) is 5.87. The number of hydrogen-bond donors (Lipinski definition) is 0. The molecule has 108 valence electrons. The van der Waals surface area contributed by atoms with Crippen molar-refractivity contribution < 1.29 is 4.74 Å². The summed E-state index contributed by atoms with van der Waals surface area (Å²) in [7, 11) is 1.67. The summed E-state index contributed by atoms with van der Waals surface area (Å²) in [5.74, 6) is 1.23. The Kier molecular flexibility index (Phi) is 3.92. The van der Waals surface area contributed by atoms with E-state index in [1.54, 1.807) is 7.11 Å². The Morgan fingerprint density at radius 3 is 2.90 bits per heavy atom. The molecule has 3 rings (SSSR count). The van der Waals surface area contributed by atoms with Gasteiger partial charge in [-0.3, -0.25) is 4.68 Å². The highest BCUT2D eigenvalue weighted by Crippen LogP contribution is 2.33. The van der Waals surface area contributed by atoms with Crippen LogP contribution in [0.3, 0.4) is 0 Å². The number of methoxy groups -OCH3 is 1. The first kappa shape index (κ1) is 13.7. The van der Waals surface area contributed by atoms with Crippen molar-refractivity contribution in [3.63, 3.8) is 0 Å². The van der Waals surface area contributed by atoms with Crippen molar-refractivity contribution in [1.29, 1.82) is 5.26 Å².